The van der Waals surface area contributed by atoms with E-state index >= 15 is 0 Å². The van der Waals surface area contributed by atoms with Crippen LogP contribution in [0, 0.1) is 11.3 Å². The Morgan fingerprint density at radius 1 is 1.21 bits per heavy atom. The fraction of sp³-hybridized carbons (Fsp3) is 0.222. The highest BCUT2D eigenvalue weighted by Crippen LogP contribution is 2.30. The Hall–Kier alpha value is -3.20. The molecule has 0 radical (unpaired) electrons. The number of para-hydroxylation sites is 3. The minimum absolute atomic E-state index is 0.164. The number of amides is 1. The number of benzene rings is 2. The van der Waals surface area contributed by atoms with Gasteiger partial charge in [-0.15, -0.1) is 0 Å². The molecule has 0 aromatic heterocycles. The lowest BCUT2D eigenvalue weighted by Crippen LogP contribution is -2.42. The van der Waals surface area contributed by atoms with E-state index in [2.05, 4.69) is 5.32 Å². The Morgan fingerprint density at radius 3 is 2.79 bits per heavy atom. The molecule has 1 atom stereocenters. The van der Waals surface area contributed by atoms with Gasteiger partial charge in [-0.1, -0.05) is 24.3 Å². The lowest BCUT2D eigenvalue weighted by Gasteiger charge is -2.26. The molecule has 122 valence electrons. The molecule has 1 amide bonds. The largest absolute Gasteiger partial charge is 0.486 e. The zero-order valence-corrected chi connectivity index (χ0v) is 12.9. The van der Waals surface area contributed by atoms with Crippen LogP contribution >= 0.6 is 0 Å². The van der Waals surface area contributed by atoms with Crippen molar-refractivity contribution in [3.63, 3.8) is 0 Å². The third-order valence-corrected chi connectivity index (χ3v) is 3.46. The summed E-state index contributed by atoms with van der Waals surface area (Å²) >= 11 is 0. The van der Waals surface area contributed by atoms with Gasteiger partial charge in [0.25, 0.3) is 5.91 Å². The van der Waals surface area contributed by atoms with Crippen molar-refractivity contribution in [1.29, 1.82) is 5.26 Å². The first-order valence-electron chi connectivity index (χ1n) is 7.53. The molecular weight excluding hydrogens is 308 g/mol. The van der Waals surface area contributed by atoms with Gasteiger partial charge in [-0.3, -0.25) is 4.79 Å². The van der Waals surface area contributed by atoms with E-state index in [9.17, 15) is 4.79 Å². The maximum absolute atomic E-state index is 11.9. The van der Waals surface area contributed by atoms with E-state index in [1.165, 1.54) is 0 Å². The molecule has 0 saturated carbocycles. The monoisotopic (exact) mass is 324 g/mol. The summed E-state index contributed by atoms with van der Waals surface area (Å²) in [6.07, 6.45) is -0.254. The second kappa shape index (κ2) is 7.38. The van der Waals surface area contributed by atoms with Crippen LogP contribution in [0.2, 0.25) is 0 Å². The van der Waals surface area contributed by atoms with Gasteiger partial charge < -0.3 is 19.5 Å². The maximum atomic E-state index is 11.9. The lowest BCUT2D eigenvalue weighted by molar-refractivity contribution is -0.123. The smallest absolute Gasteiger partial charge is 0.258 e. The van der Waals surface area contributed by atoms with Crippen molar-refractivity contribution in [2.75, 3.05) is 19.8 Å². The van der Waals surface area contributed by atoms with Gasteiger partial charge in [0.05, 0.1) is 12.1 Å². The molecule has 0 fully saturated rings. The Bertz CT molecular complexity index is 770. The average molecular weight is 324 g/mol. The number of nitrogens with one attached hydrogen (secondary N) is 1. The van der Waals surface area contributed by atoms with E-state index in [1.807, 2.05) is 30.3 Å². The van der Waals surface area contributed by atoms with Crippen molar-refractivity contribution in [1.82, 2.24) is 5.32 Å². The first-order valence-corrected chi connectivity index (χ1v) is 7.53. The second-order valence-corrected chi connectivity index (χ2v) is 5.20. The quantitative estimate of drug-likeness (QED) is 0.908. The van der Waals surface area contributed by atoms with Gasteiger partial charge in [0.1, 0.15) is 24.5 Å². The van der Waals surface area contributed by atoms with Crippen LogP contribution in [0.3, 0.4) is 0 Å². The molecule has 6 nitrogen and oxygen atoms in total. The van der Waals surface area contributed by atoms with Gasteiger partial charge in [0.15, 0.2) is 18.1 Å². The van der Waals surface area contributed by atoms with Crippen LogP contribution in [0.25, 0.3) is 0 Å². The number of carbonyl (C=O) groups is 1. The summed E-state index contributed by atoms with van der Waals surface area (Å²) in [7, 11) is 0. The number of fused-ring (bicyclic) bond motifs is 1. The number of ether oxygens (including phenoxy) is 3. The summed E-state index contributed by atoms with van der Waals surface area (Å²) in [5.74, 6) is 1.48. The fourth-order valence-corrected chi connectivity index (χ4v) is 2.27. The van der Waals surface area contributed by atoms with Crippen molar-refractivity contribution in [2.24, 2.45) is 0 Å². The van der Waals surface area contributed by atoms with E-state index in [-0.39, 0.29) is 18.6 Å². The molecule has 2 aromatic carbocycles. The highest BCUT2D eigenvalue weighted by atomic mass is 16.6. The Balaban J connectivity index is 1.46. The summed E-state index contributed by atoms with van der Waals surface area (Å²) in [6, 6.07) is 16.2. The highest BCUT2D eigenvalue weighted by molar-refractivity contribution is 5.77. The van der Waals surface area contributed by atoms with Gasteiger partial charge in [-0.25, -0.2) is 0 Å². The van der Waals surface area contributed by atoms with Gasteiger partial charge >= 0.3 is 0 Å². The van der Waals surface area contributed by atoms with Gasteiger partial charge in [0, 0.05) is 0 Å². The predicted octanol–water partition coefficient (Wildman–Crippen LogP) is 1.89. The molecular formula is C18H16N2O4. The molecule has 0 spiro atoms. The lowest BCUT2D eigenvalue weighted by atomic mass is 10.2. The minimum atomic E-state index is -0.287. The maximum Gasteiger partial charge on any atom is 0.258 e. The summed E-state index contributed by atoms with van der Waals surface area (Å²) in [5, 5.41) is 11.7. The van der Waals surface area contributed by atoms with E-state index in [4.69, 9.17) is 19.5 Å². The first kappa shape index (κ1) is 15.7. The predicted molar refractivity (Wildman–Crippen MR) is 86.0 cm³/mol. The Labute approximate surface area is 139 Å². The van der Waals surface area contributed by atoms with Crippen molar-refractivity contribution >= 4 is 5.91 Å². The van der Waals surface area contributed by atoms with Crippen LogP contribution in [-0.2, 0) is 4.79 Å². The SMILES string of the molecule is N#Cc1ccccc1OCC(=O)NCC1COc2ccccc2O1. The van der Waals surface area contributed by atoms with Gasteiger partial charge in [-0.2, -0.15) is 5.26 Å². The molecule has 0 aliphatic carbocycles. The average Bonchev–Trinajstić information content (AvgIpc) is 2.64. The first-order chi connectivity index (χ1) is 11.8. The fourth-order valence-electron chi connectivity index (χ4n) is 2.27. The second-order valence-electron chi connectivity index (χ2n) is 5.20. The van der Waals surface area contributed by atoms with Crippen LogP contribution in [0.4, 0.5) is 0 Å². The van der Waals surface area contributed by atoms with Crippen LogP contribution in [0.1, 0.15) is 5.56 Å². The summed E-state index contributed by atoms with van der Waals surface area (Å²) in [6.45, 7) is 0.523. The molecule has 1 aliphatic rings. The number of nitriles is 1. The number of rotatable bonds is 5. The molecule has 1 heterocycles. The normalized spacial score (nSPS) is 15.2. The summed E-state index contributed by atoms with van der Waals surface area (Å²) < 4.78 is 16.7. The number of nitrogens with zero attached hydrogens (tertiary/aromatic N) is 1. The van der Waals surface area contributed by atoms with E-state index in [1.54, 1.807) is 24.3 Å². The van der Waals surface area contributed by atoms with E-state index < -0.39 is 0 Å². The number of hydrogen-bond donors (Lipinski definition) is 1. The molecule has 3 rings (SSSR count). The number of hydrogen-bond acceptors (Lipinski definition) is 5. The van der Waals surface area contributed by atoms with Crippen molar-refractivity contribution in [2.45, 2.75) is 6.10 Å². The molecule has 6 heteroatoms. The summed E-state index contributed by atoms with van der Waals surface area (Å²) in [4.78, 5) is 11.9. The number of carbonyl (C=O) groups excluding carboxylic acids is 1. The standard InChI is InChI=1S/C18H16N2O4/c19-9-13-5-1-2-6-15(13)23-12-18(21)20-10-14-11-22-16-7-3-4-8-17(16)24-14/h1-8,14H,10-12H2,(H,20,21). The highest BCUT2D eigenvalue weighted by Gasteiger charge is 2.21. The van der Waals surface area contributed by atoms with Crippen LogP contribution < -0.4 is 19.5 Å². The molecule has 2 aromatic rings. The van der Waals surface area contributed by atoms with Gasteiger partial charge in [0.2, 0.25) is 0 Å². The Kier molecular flexibility index (Phi) is 4.82. The zero-order valence-electron chi connectivity index (χ0n) is 12.9. The topological polar surface area (TPSA) is 80.6 Å². The third-order valence-electron chi connectivity index (χ3n) is 3.46. The molecule has 1 N–H and O–H groups in total. The zero-order chi connectivity index (χ0) is 16.8. The van der Waals surface area contributed by atoms with Gasteiger partial charge in [-0.05, 0) is 24.3 Å². The van der Waals surface area contributed by atoms with Crippen molar-refractivity contribution < 1.29 is 19.0 Å². The van der Waals surface area contributed by atoms with Crippen LogP contribution in [0.5, 0.6) is 17.2 Å². The molecule has 1 aliphatic heterocycles. The summed E-state index contributed by atoms with van der Waals surface area (Å²) in [5.41, 5.74) is 0.394. The molecule has 1 unspecified atom stereocenters. The van der Waals surface area contributed by atoms with Crippen LogP contribution in [0.15, 0.2) is 48.5 Å². The molecule has 0 bridgehead atoms. The van der Waals surface area contributed by atoms with E-state index in [0.717, 1.165) is 0 Å². The molecule has 0 saturated heterocycles. The third kappa shape index (κ3) is 3.76. The minimum Gasteiger partial charge on any atom is -0.486 e. The van der Waals surface area contributed by atoms with Crippen molar-refractivity contribution in [3.8, 4) is 23.3 Å². The van der Waals surface area contributed by atoms with Crippen LogP contribution in [-0.4, -0.2) is 31.8 Å². The Morgan fingerprint density at radius 2 is 1.96 bits per heavy atom. The van der Waals surface area contributed by atoms with Crippen molar-refractivity contribution in [3.05, 3.63) is 54.1 Å². The molecule has 24 heavy (non-hydrogen) atoms. The van der Waals surface area contributed by atoms with E-state index in [0.29, 0.717) is 36.0 Å².